The lowest BCUT2D eigenvalue weighted by Gasteiger charge is -2.16. The van der Waals surface area contributed by atoms with Gasteiger partial charge in [-0.2, -0.15) is 0 Å². The number of halogens is 5. The van der Waals surface area contributed by atoms with Gasteiger partial charge in [-0.15, -0.1) is 0 Å². The summed E-state index contributed by atoms with van der Waals surface area (Å²) in [4.78, 5) is -0.295. The molecule has 19 heavy (non-hydrogen) atoms. The van der Waals surface area contributed by atoms with Crippen LogP contribution in [0.4, 0.5) is 4.39 Å². The largest absolute Gasteiger partial charge is 0.207 e. The highest BCUT2D eigenvalue weighted by atomic mass is 79.9. The van der Waals surface area contributed by atoms with Gasteiger partial charge in [0, 0.05) is 15.1 Å². The maximum atomic E-state index is 14.0. The quantitative estimate of drug-likeness (QED) is 0.370. The Morgan fingerprint density at radius 3 is 2.47 bits per heavy atom. The minimum atomic E-state index is -0.322. The highest BCUT2D eigenvalue weighted by Crippen LogP contribution is 2.38. The fourth-order valence-electron chi connectivity index (χ4n) is 1.80. The molecule has 0 nitrogen and oxygen atoms in total. The van der Waals surface area contributed by atoms with Gasteiger partial charge in [-0.05, 0) is 52.2 Å². The Balaban J connectivity index is 2.53. The highest BCUT2D eigenvalue weighted by Gasteiger charge is 2.19. The topological polar surface area (TPSA) is 0 Å². The first-order valence-electron chi connectivity index (χ1n) is 5.45. The number of hydrogen-bond donors (Lipinski definition) is 0. The van der Waals surface area contributed by atoms with Crippen LogP contribution in [0.3, 0.4) is 0 Å². The molecule has 0 radical (unpaired) electrons. The Labute approximate surface area is 138 Å². The van der Waals surface area contributed by atoms with Gasteiger partial charge in [-0.25, -0.2) is 4.39 Å². The molecular formula is C14H9Br2Cl2F. The van der Waals surface area contributed by atoms with E-state index in [2.05, 4.69) is 31.9 Å². The van der Waals surface area contributed by atoms with Gasteiger partial charge in [0.1, 0.15) is 5.82 Å². The van der Waals surface area contributed by atoms with Crippen LogP contribution >= 0.6 is 55.1 Å². The van der Waals surface area contributed by atoms with Gasteiger partial charge in [0.05, 0.1) is 9.85 Å². The lowest BCUT2D eigenvalue weighted by molar-refractivity contribution is 0.612. The van der Waals surface area contributed by atoms with Gasteiger partial charge in [0.25, 0.3) is 0 Å². The zero-order chi connectivity index (χ0) is 14.2. The molecule has 0 spiro atoms. The Bertz CT molecular complexity index is 629. The summed E-state index contributed by atoms with van der Waals surface area (Å²) in [5.41, 5.74) is 2.33. The molecular weight excluding hydrogens is 418 g/mol. The molecule has 0 amide bonds. The number of benzene rings is 2. The van der Waals surface area contributed by atoms with E-state index in [9.17, 15) is 4.39 Å². The lowest BCUT2D eigenvalue weighted by atomic mass is 10.00. The Morgan fingerprint density at radius 2 is 1.79 bits per heavy atom. The maximum Gasteiger partial charge on any atom is 0.129 e. The third-order valence-electron chi connectivity index (χ3n) is 2.90. The fraction of sp³-hybridized carbons (Fsp3) is 0.143. The van der Waals surface area contributed by atoms with E-state index in [0.29, 0.717) is 20.1 Å². The fourth-order valence-corrected chi connectivity index (χ4v) is 3.31. The number of alkyl halides is 1. The van der Waals surface area contributed by atoms with Crippen molar-refractivity contribution in [2.75, 3.05) is 0 Å². The van der Waals surface area contributed by atoms with E-state index in [-0.39, 0.29) is 10.6 Å². The van der Waals surface area contributed by atoms with Crippen molar-refractivity contribution < 1.29 is 4.39 Å². The molecule has 0 aliphatic carbocycles. The zero-order valence-electron chi connectivity index (χ0n) is 9.85. The van der Waals surface area contributed by atoms with Crippen molar-refractivity contribution >= 4 is 55.1 Å². The van der Waals surface area contributed by atoms with E-state index < -0.39 is 0 Å². The first-order valence-corrected chi connectivity index (χ1v) is 7.91. The van der Waals surface area contributed by atoms with Crippen molar-refractivity contribution in [1.82, 2.24) is 0 Å². The molecule has 2 aromatic carbocycles. The third-order valence-corrected chi connectivity index (χ3v) is 5.49. The van der Waals surface area contributed by atoms with E-state index in [0.717, 1.165) is 11.1 Å². The zero-order valence-corrected chi connectivity index (χ0v) is 14.5. The SMILES string of the molecule is Cc1c(Cl)cccc1C(Br)c1cc(Cl)c(Br)cc1F. The molecule has 0 aromatic heterocycles. The Hall–Kier alpha value is -0.0900. The van der Waals surface area contributed by atoms with Gasteiger partial charge in [-0.1, -0.05) is 51.3 Å². The van der Waals surface area contributed by atoms with Gasteiger partial charge < -0.3 is 0 Å². The molecule has 2 aromatic rings. The van der Waals surface area contributed by atoms with Crippen LogP contribution in [-0.2, 0) is 0 Å². The predicted octanol–water partition coefficient (Wildman–Crippen LogP) is 6.69. The molecule has 100 valence electrons. The van der Waals surface area contributed by atoms with Crippen molar-refractivity contribution in [2.45, 2.75) is 11.8 Å². The summed E-state index contributed by atoms with van der Waals surface area (Å²) in [7, 11) is 0. The van der Waals surface area contributed by atoms with E-state index >= 15 is 0 Å². The second kappa shape index (κ2) is 6.13. The van der Waals surface area contributed by atoms with Crippen LogP contribution < -0.4 is 0 Å². The summed E-state index contributed by atoms with van der Waals surface area (Å²) in [6.07, 6.45) is 0. The number of rotatable bonds is 2. The van der Waals surface area contributed by atoms with Gasteiger partial charge >= 0.3 is 0 Å². The summed E-state index contributed by atoms with van der Waals surface area (Å²) >= 11 is 18.8. The molecule has 1 unspecified atom stereocenters. The van der Waals surface area contributed by atoms with Crippen LogP contribution in [0.15, 0.2) is 34.8 Å². The minimum absolute atomic E-state index is 0.295. The lowest BCUT2D eigenvalue weighted by Crippen LogP contribution is -1.99. The van der Waals surface area contributed by atoms with Crippen molar-refractivity contribution in [3.63, 3.8) is 0 Å². The van der Waals surface area contributed by atoms with Crippen LogP contribution in [0.1, 0.15) is 21.5 Å². The molecule has 0 N–H and O–H groups in total. The predicted molar refractivity (Wildman–Crippen MR) is 86.1 cm³/mol. The van der Waals surface area contributed by atoms with Crippen molar-refractivity contribution in [1.29, 1.82) is 0 Å². The average Bonchev–Trinajstić information content (AvgIpc) is 2.36. The summed E-state index contributed by atoms with van der Waals surface area (Å²) in [6, 6.07) is 8.55. The second-order valence-corrected chi connectivity index (χ2v) is 6.69. The summed E-state index contributed by atoms with van der Waals surface area (Å²) in [5, 5.41) is 1.13. The van der Waals surface area contributed by atoms with Crippen LogP contribution in [0.5, 0.6) is 0 Å². The average molecular weight is 427 g/mol. The minimum Gasteiger partial charge on any atom is -0.207 e. The molecule has 0 fully saturated rings. The van der Waals surface area contributed by atoms with Gasteiger partial charge in [0.15, 0.2) is 0 Å². The normalized spacial score (nSPS) is 12.5. The molecule has 0 bridgehead atoms. The standard InChI is InChI=1S/C14H9Br2Cl2F/c1-7-8(3-2-4-11(7)17)14(16)9-5-12(18)10(15)6-13(9)19/h2-6,14H,1H3. The molecule has 0 saturated carbocycles. The summed E-state index contributed by atoms with van der Waals surface area (Å²) in [6.45, 7) is 1.91. The summed E-state index contributed by atoms with van der Waals surface area (Å²) < 4.78 is 14.6. The highest BCUT2D eigenvalue weighted by molar-refractivity contribution is 9.10. The molecule has 0 saturated heterocycles. The smallest absolute Gasteiger partial charge is 0.129 e. The first-order chi connectivity index (χ1) is 8.91. The number of hydrogen-bond acceptors (Lipinski definition) is 0. The van der Waals surface area contributed by atoms with Crippen LogP contribution in [-0.4, -0.2) is 0 Å². The van der Waals surface area contributed by atoms with E-state index in [4.69, 9.17) is 23.2 Å². The van der Waals surface area contributed by atoms with Crippen molar-refractivity contribution in [3.05, 3.63) is 67.4 Å². The van der Waals surface area contributed by atoms with Gasteiger partial charge in [-0.3, -0.25) is 0 Å². The Kier molecular flexibility index (Phi) is 4.93. The molecule has 0 aliphatic rings. The second-order valence-electron chi connectivity index (χ2n) is 4.10. The molecule has 0 aliphatic heterocycles. The molecule has 5 heteroatoms. The van der Waals surface area contributed by atoms with E-state index in [1.807, 2.05) is 25.1 Å². The third kappa shape index (κ3) is 3.15. The van der Waals surface area contributed by atoms with Crippen LogP contribution in [0.25, 0.3) is 0 Å². The van der Waals surface area contributed by atoms with Crippen molar-refractivity contribution in [2.24, 2.45) is 0 Å². The van der Waals surface area contributed by atoms with Crippen LogP contribution in [0.2, 0.25) is 10.0 Å². The van der Waals surface area contributed by atoms with Crippen LogP contribution in [0, 0.1) is 12.7 Å². The molecule has 0 heterocycles. The monoisotopic (exact) mass is 424 g/mol. The Morgan fingerprint density at radius 1 is 1.11 bits per heavy atom. The van der Waals surface area contributed by atoms with Crippen molar-refractivity contribution in [3.8, 4) is 0 Å². The molecule has 1 atom stereocenters. The van der Waals surface area contributed by atoms with E-state index in [1.165, 1.54) is 6.07 Å². The van der Waals surface area contributed by atoms with Gasteiger partial charge in [0.2, 0.25) is 0 Å². The maximum absolute atomic E-state index is 14.0. The first kappa shape index (κ1) is 15.3. The van der Waals surface area contributed by atoms with E-state index in [1.54, 1.807) is 6.07 Å². The molecule has 2 rings (SSSR count). The summed E-state index contributed by atoms with van der Waals surface area (Å²) in [5.74, 6) is -0.322.